The number of carbonyl (C=O) groups is 2. The van der Waals surface area contributed by atoms with E-state index in [2.05, 4.69) is 20.7 Å². The maximum atomic E-state index is 11.8. The number of ether oxygens (including phenoxy) is 1. The van der Waals surface area contributed by atoms with E-state index in [1.54, 1.807) is 24.3 Å². The lowest BCUT2D eigenvalue weighted by Crippen LogP contribution is -2.80. The maximum Gasteiger partial charge on any atom is 0.337 e. The first kappa shape index (κ1) is 14.1. The number of urea groups is 1. The smallest absolute Gasteiger partial charge is 0.337 e. The first-order valence-corrected chi connectivity index (χ1v) is 6.45. The number of nitrogens with two attached hydrogens (primary N) is 1. The average Bonchev–Trinajstić information content (AvgIpc) is 2.47. The van der Waals surface area contributed by atoms with Gasteiger partial charge in [-0.15, -0.1) is 0 Å². The second-order valence-corrected chi connectivity index (χ2v) is 4.48. The highest BCUT2D eigenvalue weighted by Gasteiger charge is 2.13. The normalized spacial score (nSPS) is 17.4. The maximum absolute atomic E-state index is 11.8. The molecule has 106 valence electrons. The number of nitrogens with one attached hydrogen (secondary N) is 2. The molecular formula is C14H18N3O3+. The van der Waals surface area contributed by atoms with Crippen molar-refractivity contribution >= 4 is 17.7 Å². The van der Waals surface area contributed by atoms with Crippen LogP contribution in [0, 0.1) is 0 Å². The zero-order valence-electron chi connectivity index (χ0n) is 11.3. The number of hydrogen-bond acceptors (Lipinski definition) is 3. The van der Waals surface area contributed by atoms with E-state index in [9.17, 15) is 9.59 Å². The predicted molar refractivity (Wildman–Crippen MR) is 74.3 cm³/mol. The van der Waals surface area contributed by atoms with Crippen molar-refractivity contribution in [3.8, 4) is 0 Å². The van der Waals surface area contributed by atoms with Crippen LogP contribution in [-0.4, -0.2) is 31.7 Å². The molecule has 0 aliphatic carbocycles. The van der Waals surface area contributed by atoms with E-state index < -0.39 is 5.97 Å². The Hall–Kier alpha value is -2.34. The van der Waals surface area contributed by atoms with Crippen LogP contribution >= 0.6 is 0 Å². The van der Waals surface area contributed by atoms with Crippen LogP contribution in [0.4, 0.5) is 10.5 Å². The number of quaternary nitrogens is 1. The van der Waals surface area contributed by atoms with Gasteiger partial charge in [0.1, 0.15) is 0 Å². The summed E-state index contributed by atoms with van der Waals surface area (Å²) in [6.45, 7) is 0.958. The van der Waals surface area contributed by atoms with Crippen LogP contribution in [0.2, 0.25) is 0 Å². The molecule has 1 aliphatic rings. The van der Waals surface area contributed by atoms with Crippen molar-refractivity contribution in [1.82, 2.24) is 5.32 Å². The Kier molecular flexibility index (Phi) is 4.73. The number of benzene rings is 1. The molecule has 0 saturated heterocycles. The van der Waals surface area contributed by atoms with Crippen molar-refractivity contribution in [3.05, 3.63) is 42.1 Å². The third-order valence-corrected chi connectivity index (χ3v) is 2.98. The molecule has 6 nitrogen and oxygen atoms in total. The number of rotatable bonds is 3. The molecule has 1 aliphatic heterocycles. The Morgan fingerprint density at radius 3 is 2.95 bits per heavy atom. The van der Waals surface area contributed by atoms with Gasteiger partial charge in [-0.1, -0.05) is 6.07 Å². The minimum absolute atomic E-state index is 0.0452. The number of carbonyl (C=O) groups excluding carboxylic acids is 2. The zero-order chi connectivity index (χ0) is 14.4. The molecular weight excluding hydrogens is 258 g/mol. The van der Waals surface area contributed by atoms with E-state index in [0.717, 1.165) is 13.0 Å². The molecule has 0 radical (unpaired) electrons. The highest BCUT2D eigenvalue weighted by Crippen LogP contribution is 2.11. The molecule has 1 heterocycles. The summed E-state index contributed by atoms with van der Waals surface area (Å²) in [4.78, 5) is 23.3. The van der Waals surface area contributed by atoms with E-state index in [1.165, 1.54) is 7.11 Å². The molecule has 4 N–H and O–H groups in total. The van der Waals surface area contributed by atoms with Crippen LogP contribution in [0.3, 0.4) is 0 Å². The van der Waals surface area contributed by atoms with Crippen molar-refractivity contribution < 1.29 is 19.6 Å². The first-order valence-electron chi connectivity index (χ1n) is 6.45. The molecule has 1 atom stereocenters. The Morgan fingerprint density at radius 1 is 1.40 bits per heavy atom. The fourth-order valence-corrected chi connectivity index (χ4v) is 1.98. The highest BCUT2D eigenvalue weighted by atomic mass is 16.5. The minimum atomic E-state index is -0.431. The summed E-state index contributed by atoms with van der Waals surface area (Å²) in [7, 11) is 1.32. The lowest BCUT2D eigenvalue weighted by atomic mass is 10.1. The second kappa shape index (κ2) is 6.72. The van der Waals surface area contributed by atoms with Crippen molar-refractivity contribution in [2.75, 3.05) is 19.0 Å². The average molecular weight is 276 g/mol. The first-order chi connectivity index (χ1) is 9.69. The highest BCUT2D eigenvalue weighted by molar-refractivity contribution is 5.94. The summed E-state index contributed by atoms with van der Waals surface area (Å²) in [5.41, 5.74) is 0.953. The summed E-state index contributed by atoms with van der Waals surface area (Å²) in [6, 6.07) is 6.38. The van der Waals surface area contributed by atoms with E-state index in [-0.39, 0.29) is 12.1 Å². The molecule has 0 spiro atoms. The van der Waals surface area contributed by atoms with Crippen LogP contribution in [-0.2, 0) is 4.74 Å². The molecule has 0 aromatic heterocycles. The van der Waals surface area contributed by atoms with Crippen LogP contribution in [0.15, 0.2) is 36.5 Å². The zero-order valence-corrected chi connectivity index (χ0v) is 11.3. The number of hydrogen-bond donors (Lipinski definition) is 3. The van der Waals surface area contributed by atoms with Gasteiger partial charge < -0.3 is 20.7 Å². The molecule has 1 aromatic carbocycles. The number of methoxy groups -OCH3 is 1. The summed E-state index contributed by atoms with van der Waals surface area (Å²) >= 11 is 0. The number of amides is 2. The fraction of sp³-hybridized carbons (Fsp3) is 0.286. The van der Waals surface area contributed by atoms with Gasteiger partial charge >= 0.3 is 12.0 Å². The SMILES string of the molecule is COC(=O)c1cccc(NC(=O)NC2C=C[NH2+]CC2)c1. The van der Waals surface area contributed by atoms with E-state index in [0.29, 0.717) is 11.3 Å². The van der Waals surface area contributed by atoms with Crippen molar-refractivity contribution in [2.24, 2.45) is 0 Å². The Bertz CT molecular complexity index is 528. The lowest BCUT2D eigenvalue weighted by molar-refractivity contribution is -0.591. The van der Waals surface area contributed by atoms with Gasteiger partial charge in [0.05, 0.1) is 31.5 Å². The topological polar surface area (TPSA) is 84.0 Å². The molecule has 2 rings (SSSR count). The molecule has 20 heavy (non-hydrogen) atoms. The quantitative estimate of drug-likeness (QED) is 0.701. The van der Waals surface area contributed by atoms with Crippen LogP contribution in [0.5, 0.6) is 0 Å². The molecule has 1 unspecified atom stereocenters. The van der Waals surface area contributed by atoms with Crippen molar-refractivity contribution in [3.63, 3.8) is 0 Å². The summed E-state index contributed by atoms with van der Waals surface area (Å²) in [5.74, 6) is -0.431. The molecule has 6 heteroatoms. The summed E-state index contributed by atoms with van der Waals surface area (Å²) in [5, 5.41) is 7.63. The summed E-state index contributed by atoms with van der Waals surface area (Å²) < 4.78 is 4.64. The van der Waals surface area contributed by atoms with Gasteiger partial charge in [0.2, 0.25) is 0 Å². The van der Waals surface area contributed by atoms with Crippen LogP contribution < -0.4 is 16.0 Å². The largest absolute Gasteiger partial charge is 0.465 e. The Labute approximate surface area is 117 Å². The van der Waals surface area contributed by atoms with E-state index in [4.69, 9.17) is 0 Å². The van der Waals surface area contributed by atoms with Gasteiger partial charge in [0, 0.05) is 12.1 Å². The Morgan fingerprint density at radius 2 is 2.25 bits per heavy atom. The molecule has 0 bridgehead atoms. The number of anilines is 1. The van der Waals surface area contributed by atoms with Gasteiger partial charge in [-0.25, -0.2) is 9.59 Å². The number of esters is 1. The van der Waals surface area contributed by atoms with Crippen molar-refractivity contribution in [2.45, 2.75) is 12.5 Å². The fourth-order valence-electron chi connectivity index (χ4n) is 1.98. The monoisotopic (exact) mass is 276 g/mol. The summed E-state index contributed by atoms with van der Waals surface area (Å²) in [6.07, 6.45) is 4.80. The van der Waals surface area contributed by atoms with Gasteiger partial charge in [-0.05, 0) is 24.3 Å². The Balaban J connectivity index is 1.95. The molecule has 2 amide bonds. The lowest BCUT2D eigenvalue weighted by Gasteiger charge is -2.17. The molecule has 0 fully saturated rings. The second-order valence-electron chi connectivity index (χ2n) is 4.48. The third kappa shape index (κ3) is 3.83. The minimum Gasteiger partial charge on any atom is -0.465 e. The van der Waals surface area contributed by atoms with E-state index in [1.807, 2.05) is 12.3 Å². The predicted octanol–water partition coefficient (Wildman–Crippen LogP) is 0.444. The van der Waals surface area contributed by atoms with Crippen LogP contribution in [0.25, 0.3) is 0 Å². The van der Waals surface area contributed by atoms with Gasteiger partial charge in [-0.3, -0.25) is 0 Å². The van der Waals surface area contributed by atoms with Crippen LogP contribution in [0.1, 0.15) is 16.8 Å². The van der Waals surface area contributed by atoms with Gasteiger partial charge in [0.15, 0.2) is 0 Å². The van der Waals surface area contributed by atoms with E-state index >= 15 is 0 Å². The molecule has 0 saturated carbocycles. The van der Waals surface area contributed by atoms with Crippen molar-refractivity contribution in [1.29, 1.82) is 0 Å². The van der Waals surface area contributed by atoms with Gasteiger partial charge in [-0.2, -0.15) is 0 Å². The van der Waals surface area contributed by atoms with Gasteiger partial charge in [0.25, 0.3) is 0 Å². The third-order valence-electron chi connectivity index (χ3n) is 2.98. The molecule has 1 aromatic rings. The standard InChI is InChI=1S/C14H17N3O3/c1-20-13(18)10-3-2-4-12(9-10)17-14(19)16-11-5-7-15-8-6-11/h2-5,7,9,11,15H,6,8H2,1H3,(H2,16,17,19)/p+1.